The minimum Gasteiger partial charge on any atom is -0.381 e. The topological polar surface area (TPSA) is 21.3 Å². The molecule has 1 fully saturated rings. The fourth-order valence-corrected chi connectivity index (χ4v) is 2.08. The standard InChI is InChI=1S/C11H23NOS/c1-9(14-3)8-12-10(2)11-4-6-13-7-5-11/h9-12H,4-8H2,1-3H3. The molecule has 1 saturated heterocycles. The van der Waals surface area contributed by atoms with Gasteiger partial charge in [0.05, 0.1) is 0 Å². The number of nitrogens with one attached hydrogen (secondary N) is 1. The van der Waals surface area contributed by atoms with Crippen molar-refractivity contribution in [3.63, 3.8) is 0 Å². The first-order chi connectivity index (χ1) is 6.74. The summed E-state index contributed by atoms with van der Waals surface area (Å²) < 4.78 is 5.36. The molecule has 0 aromatic rings. The Morgan fingerprint density at radius 3 is 2.57 bits per heavy atom. The number of ether oxygens (including phenoxy) is 1. The third kappa shape index (κ3) is 4.20. The zero-order valence-corrected chi connectivity index (χ0v) is 10.4. The highest BCUT2D eigenvalue weighted by molar-refractivity contribution is 7.99. The molecule has 1 aliphatic heterocycles. The molecule has 0 aliphatic carbocycles. The van der Waals surface area contributed by atoms with E-state index in [1.165, 1.54) is 12.8 Å². The molecule has 0 saturated carbocycles. The quantitative estimate of drug-likeness (QED) is 0.762. The molecule has 1 heterocycles. The largest absolute Gasteiger partial charge is 0.381 e. The van der Waals surface area contributed by atoms with Crippen molar-refractivity contribution >= 4 is 11.8 Å². The van der Waals surface area contributed by atoms with Crippen molar-refractivity contribution in [1.82, 2.24) is 5.32 Å². The van der Waals surface area contributed by atoms with E-state index < -0.39 is 0 Å². The molecule has 2 nitrogen and oxygen atoms in total. The lowest BCUT2D eigenvalue weighted by Gasteiger charge is -2.29. The molecule has 2 atom stereocenters. The molecule has 1 rings (SSSR count). The summed E-state index contributed by atoms with van der Waals surface area (Å²) in [5, 5.41) is 4.35. The summed E-state index contributed by atoms with van der Waals surface area (Å²) >= 11 is 1.93. The van der Waals surface area contributed by atoms with Gasteiger partial charge in [0.1, 0.15) is 0 Å². The summed E-state index contributed by atoms with van der Waals surface area (Å²) in [5.74, 6) is 0.817. The van der Waals surface area contributed by atoms with Gasteiger partial charge in [-0.05, 0) is 31.9 Å². The molecular weight excluding hydrogens is 194 g/mol. The van der Waals surface area contributed by atoms with Crippen LogP contribution in [0.3, 0.4) is 0 Å². The average Bonchev–Trinajstić information content (AvgIpc) is 2.26. The van der Waals surface area contributed by atoms with E-state index in [4.69, 9.17) is 4.74 Å². The summed E-state index contributed by atoms with van der Waals surface area (Å²) in [7, 11) is 0. The van der Waals surface area contributed by atoms with Gasteiger partial charge in [-0.2, -0.15) is 11.8 Å². The van der Waals surface area contributed by atoms with Crippen LogP contribution >= 0.6 is 11.8 Å². The average molecular weight is 217 g/mol. The van der Waals surface area contributed by atoms with Gasteiger partial charge in [0.2, 0.25) is 0 Å². The summed E-state index contributed by atoms with van der Waals surface area (Å²) in [6.45, 7) is 7.61. The van der Waals surface area contributed by atoms with Gasteiger partial charge >= 0.3 is 0 Å². The third-order valence-corrected chi connectivity index (χ3v) is 4.07. The maximum atomic E-state index is 5.36. The smallest absolute Gasteiger partial charge is 0.0469 e. The molecule has 0 aromatic carbocycles. The van der Waals surface area contributed by atoms with Gasteiger partial charge in [0.25, 0.3) is 0 Å². The van der Waals surface area contributed by atoms with Crippen LogP contribution in [0.15, 0.2) is 0 Å². The molecule has 0 bridgehead atoms. The van der Waals surface area contributed by atoms with Crippen LogP contribution in [0.2, 0.25) is 0 Å². The number of hydrogen-bond acceptors (Lipinski definition) is 3. The van der Waals surface area contributed by atoms with Crippen molar-refractivity contribution < 1.29 is 4.74 Å². The summed E-state index contributed by atoms with van der Waals surface area (Å²) in [6.07, 6.45) is 4.62. The third-order valence-electron chi connectivity index (χ3n) is 3.10. The Hall–Kier alpha value is 0.270. The Morgan fingerprint density at radius 1 is 1.36 bits per heavy atom. The first-order valence-electron chi connectivity index (χ1n) is 5.58. The Bertz CT molecular complexity index is 148. The van der Waals surface area contributed by atoms with Gasteiger partial charge in [-0.3, -0.25) is 0 Å². The minimum atomic E-state index is 0.647. The highest BCUT2D eigenvalue weighted by atomic mass is 32.2. The zero-order chi connectivity index (χ0) is 10.4. The van der Waals surface area contributed by atoms with E-state index >= 15 is 0 Å². The van der Waals surface area contributed by atoms with Crippen molar-refractivity contribution in [2.75, 3.05) is 26.0 Å². The molecule has 0 spiro atoms. The van der Waals surface area contributed by atoms with Crippen LogP contribution in [0, 0.1) is 5.92 Å². The molecule has 2 unspecified atom stereocenters. The van der Waals surface area contributed by atoms with Gasteiger partial charge in [-0.25, -0.2) is 0 Å². The first-order valence-corrected chi connectivity index (χ1v) is 6.86. The molecule has 3 heteroatoms. The van der Waals surface area contributed by atoms with Crippen LogP contribution in [0.5, 0.6) is 0 Å². The van der Waals surface area contributed by atoms with Crippen LogP contribution in [-0.2, 0) is 4.74 Å². The second-order valence-corrected chi connectivity index (χ2v) is 5.47. The van der Waals surface area contributed by atoms with E-state index in [-0.39, 0.29) is 0 Å². The molecule has 1 N–H and O–H groups in total. The second kappa shape index (κ2) is 6.70. The van der Waals surface area contributed by atoms with E-state index in [2.05, 4.69) is 25.4 Å². The fraction of sp³-hybridized carbons (Fsp3) is 1.00. The van der Waals surface area contributed by atoms with Gasteiger partial charge in [0.15, 0.2) is 0 Å². The van der Waals surface area contributed by atoms with Crippen molar-refractivity contribution in [1.29, 1.82) is 0 Å². The highest BCUT2D eigenvalue weighted by Crippen LogP contribution is 2.18. The number of thioether (sulfide) groups is 1. The fourth-order valence-electron chi connectivity index (χ4n) is 1.82. The van der Waals surface area contributed by atoms with Crippen LogP contribution < -0.4 is 5.32 Å². The Kier molecular flexibility index (Phi) is 5.90. The summed E-state index contributed by atoms with van der Waals surface area (Å²) in [5.41, 5.74) is 0. The Labute approximate surface area is 92.2 Å². The lowest BCUT2D eigenvalue weighted by Crippen LogP contribution is -2.39. The number of rotatable bonds is 5. The van der Waals surface area contributed by atoms with Gasteiger partial charge in [-0.15, -0.1) is 0 Å². The summed E-state index contributed by atoms with van der Waals surface area (Å²) in [4.78, 5) is 0. The Morgan fingerprint density at radius 2 is 2.00 bits per heavy atom. The van der Waals surface area contributed by atoms with Gasteiger partial charge < -0.3 is 10.1 Å². The van der Waals surface area contributed by atoms with E-state index in [1.54, 1.807) is 0 Å². The maximum absolute atomic E-state index is 5.36. The SMILES string of the molecule is CSC(C)CNC(C)C1CCOCC1. The molecule has 84 valence electrons. The van der Waals surface area contributed by atoms with Crippen molar-refractivity contribution in [2.24, 2.45) is 5.92 Å². The van der Waals surface area contributed by atoms with Crippen LogP contribution in [-0.4, -0.2) is 37.3 Å². The second-order valence-electron chi connectivity index (χ2n) is 4.19. The monoisotopic (exact) mass is 217 g/mol. The Balaban J connectivity index is 2.16. The van der Waals surface area contributed by atoms with Crippen LogP contribution in [0.25, 0.3) is 0 Å². The predicted molar refractivity (Wildman–Crippen MR) is 64.0 cm³/mol. The molecule has 14 heavy (non-hydrogen) atoms. The van der Waals surface area contributed by atoms with Gasteiger partial charge in [-0.1, -0.05) is 6.92 Å². The van der Waals surface area contributed by atoms with E-state index in [1.807, 2.05) is 11.8 Å². The molecule has 1 aliphatic rings. The zero-order valence-electron chi connectivity index (χ0n) is 9.58. The minimum absolute atomic E-state index is 0.647. The predicted octanol–water partition coefficient (Wildman–Crippen LogP) is 2.14. The van der Waals surface area contributed by atoms with Crippen molar-refractivity contribution in [2.45, 2.75) is 38.0 Å². The lowest BCUT2D eigenvalue weighted by molar-refractivity contribution is 0.0561. The van der Waals surface area contributed by atoms with Crippen molar-refractivity contribution in [3.05, 3.63) is 0 Å². The van der Waals surface area contributed by atoms with E-state index in [0.717, 1.165) is 30.9 Å². The molecule has 0 amide bonds. The highest BCUT2D eigenvalue weighted by Gasteiger charge is 2.20. The normalized spacial score (nSPS) is 23.4. The first kappa shape index (κ1) is 12.3. The molecule has 0 aromatic heterocycles. The maximum Gasteiger partial charge on any atom is 0.0469 e. The lowest BCUT2D eigenvalue weighted by atomic mass is 9.93. The molecule has 0 radical (unpaired) electrons. The van der Waals surface area contributed by atoms with E-state index in [0.29, 0.717) is 6.04 Å². The number of hydrogen-bond donors (Lipinski definition) is 1. The van der Waals surface area contributed by atoms with E-state index in [9.17, 15) is 0 Å². The molecular formula is C11H23NOS. The van der Waals surface area contributed by atoms with Crippen LogP contribution in [0.4, 0.5) is 0 Å². The summed E-state index contributed by atoms with van der Waals surface area (Å²) in [6, 6.07) is 0.647. The van der Waals surface area contributed by atoms with Crippen LogP contribution in [0.1, 0.15) is 26.7 Å². The van der Waals surface area contributed by atoms with Crippen molar-refractivity contribution in [3.8, 4) is 0 Å². The van der Waals surface area contributed by atoms with Gasteiger partial charge in [0, 0.05) is 31.1 Å².